The second kappa shape index (κ2) is 13.1. The maximum absolute atomic E-state index is 13.5. The van der Waals surface area contributed by atoms with Crippen molar-refractivity contribution in [3.05, 3.63) is 35.4 Å². The predicted molar refractivity (Wildman–Crippen MR) is 131 cm³/mol. The number of ether oxygens (including phenoxy) is 1. The summed E-state index contributed by atoms with van der Waals surface area (Å²) in [5, 5.41) is 14.9. The molecular weight excluding hydrogens is 440 g/mol. The Morgan fingerprint density at radius 3 is 2.42 bits per heavy atom. The van der Waals surface area contributed by atoms with E-state index >= 15 is 0 Å². The zero-order valence-electron chi connectivity index (χ0n) is 20.3. The average Bonchev–Trinajstić information content (AvgIpc) is 2.70. The second-order valence-electron chi connectivity index (χ2n) is 9.02. The van der Waals surface area contributed by atoms with Crippen LogP contribution >= 0.6 is 12.6 Å². The van der Waals surface area contributed by atoms with Crippen molar-refractivity contribution in [3.8, 4) is 6.07 Å². The summed E-state index contributed by atoms with van der Waals surface area (Å²) in [6.45, 7) is 10.6. The van der Waals surface area contributed by atoms with Crippen molar-refractivity contribution in [1.82, 2.24) is 15.5 Å². The molecule has 3 amide bonds. The monoisotopic (exact) mass is 476 g/mol. The van der Waals surface area contributed by atoms with Gasteiger partial charge in [0.25, 0.3) is 0 Å². The number of nitriles is 1. The molecule has 0 spiro atoms. The van der Waals surface area contributed by atoms with E-state index in [2.05, 4.69) is 23.3 Å². The molecule has 0 aliphatic heterocycles. The number of nitrogens with one attached hydrogen (secondary N) is 2. The summed E-state index contributed by atoms with van der Waals surface area (Å²) < 4.78 is 5.25. The van der Waals surface area contributed by atoms with Crippen molar-refractivity contribution < 1.29 is 19.1 Å². The van der Waals surface area contributed by atoms with Crippen LogP contribution in [0.15, 0.2) is 24.3 Å². The molecule has 33 heavy (non-hydrogen) atoms. The van der Waals surface area contributed by atoms with Gasteiger partial charge in [0.1, 0.15) is 24.2 Å². The predicted octanol–water partition coefficient (Wildman–Crippen LogP) is 3.52. The minimum absolute atomic E-state index is 0.0333. The van der Waals surface area contributed by atoms with Gasteiger partial charge in [0.2, 0.25) is 11.8 Å². The van der Waals surface area contributed by atoms with Crippen molar-refractivity contribution in [1.29, 1.82) is 5.26 Å². The van der Waals surface area contributed by atoms with Crippen LogP contribution in [0, 0.1) is 18.3 Å². The fourth-order valence-electron chi connectivity index (χ4n) is 3.35. The Morgan fingerprint density at radius 1 is 1.24 bits per heavy atom. The van der Waals surface area contributed by atoms with Crippen molar-refractivity contribution in [2.45, 2.75) is 78.1 Å². The van der Waals surface area contributed by atoms with E-state index in [1.165, 1.54) is 4.90 Å². The Bertz CT molecular complexity index is 863. The molecule has 1 aromatic rings. The van der Waals surface area contributed by atoms with Gasteiger partial charge in [-0.15, -0.1) is 0 Å². The highest BCUT2D eigenvalue weighted by atomic mass is 32.1. The van der Waals surface area contributed by atoms with Crippen LogP contribution in [-0.2, 0) is 14.3 Å². The van der Waals surface area contributed by atoms with E-state index in [-0.39, 0.29) is 24.2 Å². The van der Waals surface area contributed by atoms with Crippen LogP contribution in [0.1, 0.15) is 64.6 Å². The number of nitrogens with zero attached hydrogens (tertiary/aromatic N) is 2. The Kier molecular flexibility index (Phi) is 11.2. The SMILES string of the molecule is CCCC(C)NC(=O)C(c1cccc(C)c1)N(CC#N)C(=O)C(CS)NC(=O)OC(C)(C)C. The summed E-state index contributed by atoms with van der Waals surface area (Å²) >= 11 is 4.21. The zero-order valence-corrected chi connectivity index (χ0v) is 21.2. The lowest BCUT2D eigenvalue weighted by Crippen LogP contribution is -2.54. The molecule has 1 rings (SSSR count). The molecule has 0 aromatic heterocycles. The molecule has 0 bridgehead atoms. The Labute approximate surface area is 202 Å². The minimum Gasteiger partial charge on any atom is -0.444 e. The van der Waals surface area contributed by atoms with E-state index in [1.807, 2.05) is 39.0 Å². The maximum atomic E-state index is 13.5. The van der Waals surface area contributed by atoms with Crippen LogP contribution < -0.4 is 10.6 Å². The molecule has 182 valence electrons. The van der Waals surface area contributed by atoms with Gasteiger partial charge in [0.05, 0.1) is 6.07 Å². The Balaban J connectivity index is 3.33. The highest BCUT2D eigenvalue weighted by Gasteiger charge is 2.36. The van der Waals surface area contributed by atoms with E-state index in [0.717, 1.165) is 18.4 Å². The number of aryl methyl sites for hydroxylation is 1. The normalized spacial score (nSPS) is 13.8. The van der Waals surface area contributed by atoms with Crippen LogP contribution in [0.5, 0.6) is 0 Å². The molecular formula is C24H36N4O4S. The lowest BCUT2D eigenvalue weighted by molar-refractivity contribution is -0.141. The van der Waals surface area contributed by atoms with Gasteiger partial charge in [-0.25, -0.2) is 4.79 Å². The molecule has 3 unspecified atom stereocenters. The lowest BCUT2D eigenvalue weighted by Gasteiger charge is -2.33. The summed E-state index contributed by atoms with van der Waals surface area (Å²) in [6.07, 6.45) is 0.886. The molecule has 0 aliphatic rings. The number of hydrogen-bond acceptors (Lipinski definition) is 6. The lowest BCUT2D eigenvalue weighted by atomic mass is 10.0. The fourth-order valence-corrected chi connectivity index (χ4v) is 3.60. The van der Waals surface area contributed by atoms with Gasteiger partial charge >= 0.3 is 6.09 Å². The zero-order chi connectivity index (χ0) is 25.2. The third kappa shape index (κ3) is 9.34. The topological polar surface area (TPSA) is 112 Å². The van der Waals surface area contributed by atoms with Gasteiger partial charge in [0.15, 0.2) is 0 Å². The first-order chi connectivity index (χ1) is 15.4. The van der Waals surface area contributed by atoms with Crippen LogP contribution in [0.25, 0.3) is 0 Å². The number of thiol groups is 1. The van der Waals surface area contributed by atoms with Gasteiger partial charge in [-0.05, 0) is 46.6 Å². The van der Waals surface area contributed by atoms with Gasteiger partial charge in [-0.2, -0.15) is 17.9 Å². The molecule has 0 radical (unpaired) electrons. The molecule has 3 atom stereocenters. The smallest absolute Gasteiger partial charge is 0.408 e. The summed E-state index contributed by atoms with van der Waals surface area (Å²) in [5.41, 5.74) is 0.740. The number of carbonyl (C=O) groups excluding carboxylic acids is 3. The van der Waals surface area contributed by atoms with Gasteiger partial charge in [-0.1, -0.05) is 43.2 Å². The summed E-state index contributed by atoms with van der Waals surface area (Å²) in [5.74, 6) is -1.02. The third-order valence-electron chi connectivity index (χ3n) is 4.72. The van der Waals surface area contributed by atoms with Crippen molar-refractivity contribution in [3.63, 3.8) is 0 Å². The number of carbonyl (C=O) groups is 3. The van der Waals surface area contributed by atoms with Gasteiger partial charge in [0, 0.05) is 11.8 Å². The van der Waals surface area contributed by atoms with Crippen molar-refractivity contribution >= 4 is 30.5 Å². The second-order valence-corrected chi connectivity index (χ2v) is 9.39. The fraction of sp³-hybridized carbons (Fsp3) is 0.583. The quantitative estimate of drug-likeness (QED) is 0.353. The van der Waals surface area contributed by atoms with Crippen molar-refractivity contribution in [2.24, 2.45) is 0 Å². The first-order valence-corrected chi connectivity index (χ1v) is 11.7. The van der Waals surface area contributed by atoms with Crippen LogP contribution in [0.4, 0.5) is 4.79 Å². The van der Waals surface area contributed by atoms with E-state index in [1.54, 1.807) is 32.9 Å². The maximum Gasteiger partial charge on any atom is 0.408 e. The van der Waals surface area contributed by atoms with Crippen LogP contribution in [0.3, 0.4) is 0 Å². The first-order valence-electron chi connectivity index (χ1n) is 11.1. The molecule has 0 aliphatic carbocycles. The number of benzene rings is 1. The summed E-state index contributed by atoms with van der Waals surface area (Å²) in [4.78, 5) is 40.2. The van der Waals surface area contributed by atoms with Crippen molar-refractivity contribution in [2.75, 3.05) is 12.3 Å². The highest BCUT2D eigenvalue weighted by molar-refractivity contribution is 7.80. The largest absolute Gasteiger partial charge is 0.444 e. The van der Waals surface area contributed by atoms with E-state index in [0.29, 0.717) is 5.56 Å². The minimum atomic E-state index is -1.08. The van der Waals surface area contributed by atoms with Crippen LogP contribution in [-0.4, -0.2) is 52.8 Å². The standard InChI is InChI=1S/C24H36N4O4S/c1-7-9-17(3)26-21(29)20(18-11-8-10-16(2)14-18)28(13-12-25)22(30)19(15-33)27-23(31)32-24(4,5)6/h8,10-11,14,17,19-20,33H,7,9,13,15H2,1-6H3,(H,26,29)(H,27,31). The third-order valence-corrected chi connectivity index (χ3v) is 5.09. The molecule has 8 nitrogen and oxygen atoms in total. The number of alkyl carbamates (subject to hydrolysis) is 1. The summed E-state index contributed by atoms with van der Waals surface area (Å²) in [6, 6.07) is 6.99. The van der Waals surface area contributed by atoms with Crippen LogP contribution in [0.2, 0.25) is 0 Å². The molecule has 2 N–H and O–H groups in total. The van der Waals surface area contributed by atoms with Gasteiger partial charge < -0.3 is 20.3 Å². The molecule has 1 aromatic carbocycles. The molecule has 0 saturated heterocycles. The molecule has 0 heterocycles. The molecule has 0 fully saturated rings. The van der Waals surface area contributed by atoms with E-state index in [9.17, 15) is 19.6 Å². The average molecular weight is 477 g/mol. The van der Waals surface area contributed by atoms with Gasteiger partial charge in [-0.3, -0.25) is 9.59 Å². The number of hydrogen-bond donors (Lipinski definition) is 3. The first kappa shape index (κ1) is 28.3. The molecule has 9 heteroatoms. The molecule has 0 saturated carbocycles. The van der Waals surface area contributed by atoms with E-state index in [4.69, 9.17) is 4.74 Å². The van der Waals surface area contributed by atoms with E-state index < -0.39 is 29.7 Å². The highest BCUT2D eigenvalue weighted by Crippen LogP contribution is 2.24. The Morgan fingerprint density at radius 2 is 1.91 bits per heavy atom. The Hall–Kier alpha value is -2.73. The number of amides is 3. The summed E-state index contributed by atoms with van der Waals surface area (Å²) in [7, 11) is 0. The number of rotatable bonds is 10.